The number of carbonyl (C=O) groups excluding carboxylic acids is 1. The Kier molecular flexibility index (Phi) is 4.11. The largest absolute Gasteiger partial charge is 0.493 e. The van der Waals surface area contributed by atoms with Gasteiger partial charge in [-0.1, -0.05) is 0 Å². The minimum absolute atomic E-state index is 0.0243. The van der Waals surface area contributed by atoms with Gasteiger partial charge >= 0.3 is 0 Å². The van der Waals surface area contributed by atoms with Crippen molar-refractivity contribution in [3.8, 4) is 5.75 Å². The number of nitrogens with one attached hydrogen (secondary N) is 1. The summed E-state index contributed by atoms with van der Waals surface area (Å²) < 4.78 is 21.6. The average Bonchev–Trinajstić information content (AvgIpc) is 3.34. The number of amides is 1. The number of hydrogen-bond acceptors (Lipinski definition) is 5. The Labute approximate surface area is 161 Å². The Morgan fingerprint density at radius 2 is 2.18 bits per heavy atom. The van der Waals surface area contributed by atoms with Crippen molar-refractivity contribution >= 4 is 17.4 Å². The maximum atomic E-state index is 14.0. The molecule has 1 saturated heterocycles. The monoisotopic (exact) mass is 381 g/mol. The van der Waals surface area contributed by atoms with Crippen LogP contribution in [0.4, 0.5) is 10.2 Å². The summed E-state index contributed by atoms with van der Waals surface area (Å²) in [5, 5.41) is 7.12. The van der Waals surface area contributed by atoms with Crippen molar-refractivity contribution in [2.24, 2.45) is 0 Å². The highest BCUT2D eigenvalue weighted by Crippen LogP contribution is 2.40. The Balaban J connectivity index is 1.65. The first-order valence-electron chi connectivity index (χ1n) is 9.52. The van der Waals surface area contributed by atoms with Gasteiger partial charge < -0.3 is 15.0 Å². The first-order valence-corrected chi connectivity index (χ1v) is 9.52. The van der Waals surface area contributed by atoms with Crippen molar-refractivity contribution in [1.82, 2.24) is 19.9 Å². The number of nitrogens with zero attached hydrogens (tertiary/aromatic N) is 4. The number of anilines is 1. The second-order valence-corrected chi connectivity index (χ2v) is 7.10. The van der Waals surface area contributed by atoms with Crippen LogP contribution in [0.5, 0.6) is 5.75 Å². The van der Waals surface area contributed by atoms with Crippen molar-refractivity contribution in [3.05, 3.63) is 53.6 Å². The van der Waals surface area contributed by atoms with Gasteiger partial charge in [0.1, 0.15) is 22.9 Å². The lowest BCUT2D eigenvalue weighted by atomic mass is 10.0. The molecule has 2 bridgehead atoms. The lowest BCUT2D eigenvalue weighted by molar-refractivity contribution is 0.0953. The molecule has 0 aliphatic carbocycles. The molecule has 0 radical (unpaired) electrons. The highest BCUT2D eigenvalue weighted by atomic mass is 19.1. The number of carbonyl (C=O) groups is 1. The molecule has 1 N–H and O–H groups in total. The van der Waals surface area contributed by atoms with Crippen molar-refractivity contribution in [1.29, 1.82) is 0 Å². The molecule has 7 nitrogen and oxygen atoms in total. The summed E-state index contributed by atoms with van der Waals surface area (Å²) in [5.74, 6) is 0.964. The molecular formula is C20H20FN5O2. The molecule has 144 valence electrons. The quantitative estimate of drug-likeness (QED) is 0.648. The Morgan fingerprint density at radius 3 is 3.11 bits per heavy atom. The molecule has 2 aromatic heterocycles. The van der Waals surface area contributed by atoms with E-state index in [2.05, 4.69) is 15.3 Å². The van der Waals surface area contributed by atoms with Gasteiger partial charge in [-0.2, -0.15) is 5.10 Å². The average molecular weight is 381 g/mol. The molecule has 5 rings (SSSR count). The normalized spacial score (nSPS) is 19.7. The van der Waals surface area contributed by atoms with Gasteiger partial charge in [0.25, 0.3) is 5.91 Å². The molecule has 1 atom stereocenters. The van der Waals surface area contributed by atoms with Gasteiger partial charge in [-0.05, 0) is 43.5 Å². The zero-order chi connectivity index (χ0) is 19.1. The predicted octanol–water partition coefficient (Wildman–Crippen LogP) is 2.72. The molecule has 1 aromatic carbocycles. The van der Waals surface area contributed by atoms with E-state index in [-0.39, 0.29) is 17.8 Å². The molecule has 28 heavy (non-hydrogen) atoms. The topological polar surface area (TPSA) is 71.8 Å². The summed E-state index contributed by atoms with van der Waals surface area (Å²) in [6, 6.07) is 6.53. The van der Waals surface area contributed by atoms with E-state index >= 15 is 0 Å². The number of hydrogen-bond donors (Lipinski definition) is 1. The van der Waals surface area contributed by atoms with Crippen LogP contribution in [0.25, 0.3) is 5.65 Å². The number of ether oxygens (including phenoxy) is 1. The maximum Gasteiger partial charge on any atom is 0.256 e. The summed E-state index contributed by atoms with van der Waals surface area (Å²) in [7, 11) is 0. The van der Waals surface area contributed by atoms with Gasteiger partial charge in [-0.3, -0.25) is 4.79 Å². The van der Waals surface area contributed by atoms with Crippen LogP contribution >= 0.6 is 0 Å². The number of halogens is 1. The van der Waals surface area contributed by atoms with Crippen molar-refractivity contribution in [2.45, 2.75) is 25.3 Å². The molecule has 2 aliphatic rings. The number of benzene rings is 1. The van der Waals surface area contributed by atoms with Gasteiger partial charge in [0, 0.05) is 24.8 Å². The fourth-order valence-electron chi connectivity index (χ4n) is 4.01. The summed E-state index contributed by atoms with van der Waals surface area (Å²) in [4.78, 5) is 19.4. The third-order valence-electron chi connectivity index (χ3n) is 5.34. The van der Waals surface area contributed by atoms with Crippen LogP contribution in [0.15, 0.2) is 36.7 Å². The molecule has 4 heterocycles. The molecular weight excluding hydrogens is 361 g/mol. The smallest absolute Gasteiger partial charge is 0.256 e. The number of rotatable bonds is 0. The zero-order valence-corrected chi connectivity index (χ0v) is 15.3. The van der Waals surface area contributed by atoms with Crippen LogP contribution in [-0.4, -0.2) is 40.2 Å². The molecule has 1 fully saturated rings. The number of aromatic nitrogens is 3. The minimum Gasteiger partial charge on any atom is -0.493 e. The van der Waals surface area contributed by atoms with E-state index in [1.54, 1.807) is 22.8 Å². The molecule has 0 spiro atoms. The van der Waals surface area contributed by atoms with Crippen molar-refractivity contribution in [2.75, 3.05) is 24.6 Å². The Hall–Kier alpha value is -3.16. The Bertz CT molecular complexity index is 1050. The first kappa shape index (κ1) is 17.0. The van der Waals surface area contributed by atoms with Crippen molar-refractivity contribution < 1.29 is 13.9 Å². The van der Waals surface area contributed by atoms with E-state index in [1.165, 1.54) is 12.3 Å². The van der Waals surface area contributed by atoms with E-state index in [9.17, 15) is 9.18 Å². The first-order chi connectivity index (χ1) is 13.7. The SMILES string of the molecule is O=C1NCCCOc2ccc(F)cc2[C@@H]2CCCN2c2ccn3ncc1c3n2. The van der Waals surface area contributed by atoms with Crippen LogP contribution in [0, 0.1) is 5.82 Å². The molecule has 2 aliphatic heterocycles. The van der Waals surface area contributed by atoms with Crippen LogP contribution in [0.2, 0.25) is 0 Å². The highest BCUT2D eigenvalue weighted by Gasteiger charge is 2.30. The van der Waals surface area contributed by atoms with Crippen LogP contribution in [0.3, 0.4) is 0 Å². The highest BCUT2D eigenvalue weighted by molar-refractivity contribution is 5.99. The third-order valence-corrected chi connectivity index (χ3v) is 5.34. The van der Waals surface area contributed by atoms with Crippen LogP contribution < -0.4 is 15.0 Å². The zero-order valence-electron chi connectivity index (χ0n) is 15.3. The molecule has 3 aromatic rings. The molecule has 1 amide bonds. The van der Waals surface area contributed by atoms with Crippen LogP contribution in [0.1, 0.15) is 41.2 Å². The fraction of sp³-hybridized carbons (Fsp3) is 0.350. The van der Waals surface area contributed by atoms with E-state index in [0.717, 1.165) is 30.8 Å². The summed E-state index contributed by atoms with van der Waals surface area (Å²) in [5.41, 5.74) is 1.81. The minimum atomic E-state index is -0.274. The van der Waals surface area contributed by atoms with E-state index in [4.69, 9.17) is 9.72 Å². The van der Waals surface area contributed by atoms with Gasteiger partial charge in [-0.15, -0.1) is 0 Å². The molecule has 8 heteroatoms. The second-order valence-electron chi connectivity index (χ2n) is 7.10. The molecule has 0 unspecified atom stereocenters. The van der Waals surface area contributed by atoms with Gasteiger partial charge in [0.05, 0.1) is 18.8 Å². The van der Waals surface area contributed by atoms with Crippen molar-refractivity contribution in [3.63, 3.8) is 0 Å². The lowest BCUT2D eigenvalue weighted by Crippen LogP contribution is -2.27. The molecule has 0 saturated carbocycles. The lowest BCUT2D eigenvalue weighted by Gasteiger charge is -2.28. The fourth-order valence-corrected chi connectivity index (χ4v) is 4.01. The summed E-state index contributed by atoms with van der Waals surface area (Å²) in [6.07, 6.45) is 5.85. The summed E-state index contributed by atoms with van der Waals surface area (Å²) in [6.45, 7) is 1.72. The van der Waals surface area contributed by atoms with Gasteiger partial charge in [0.15, 0.2) is 5.65 Å². The predicted molar refractivity (Wildman–Crippen MR) is 101 cm³/mol. The van der Waals surface area contributed by atoms with Gasteiger partial charge in [0.2, 0.25) is 0 Å². The van der Waals surface area contributed by atoms with E-state index < -0.39 is 0 Å². The third kappa shape index (κ3) is 2.85. The second kappa shape index (κ2) is 6.78. The summed E-state index contributed by atoms with van der Waals surface area (Å²) >= 11 is 0. The van der Waals surface area contributed by atoms with E-state index in [0.29, 0.717) is 36.5 Å². The Morgan fingerprint density at radius 1 is 1.25 bits per heavy atom. The van der Waals surface area contributed by atoms with Gasteiger partial charge in [-0.25, -0.2) is 13.9 Å². The maximum absolute atomic E-state index is 14.0. The number of fused-ring (bicyclic) bond motifs is 5. The van der Waals surface area contributed by atoms with Crippen LogP contribution in [-0.2, 0) is 0 Å². The van der Waals surface area contributed by atoms with E-state index in [1.807, 2.05) is 6.07 Å². The standard InChI is InChI=1S/C20H20FN5O2/c21-13-4-5-17-14(11-13)16-3-1-8-25(16)18-6-9-26-19(24-18)15(12-23-26)20(27)22-7-2-10-28-17/h4-6,9,11-12,16H,1-3,7-8,10H2,(H,22,27)/t16-/m0/s1.